The fourth-order valence-electron chi connectivity index (χ4n) is 1.67. The van der Waals surface area contributed by atoms with Crippen LogP contribution in [0.1, 0.15) is 5.56 Å². The van der Waals surface area contributed by atoms with Crippen LogP contribution in [0.5, 0.6) is 0 Å². The maximum Gasteiger partial charge on any atom is 0.416 e. The van der Waals surface area contributed by atoms with Crippen LogP contribution in [0.4, 0.5) is 28.9 Å². The van der Waals surface area contributed by atoms with Gasteiger partial charge in [-0.2, -0.15) is 18.3 Å². The molecular weight excluding hydrogens is 324 g/mol. The molecular formula is C12H8F4N4O3. The standard InChI is InChI=1S/C12H8F4N4O3/c13-9-2-1-7(12(14,15)16)3-10(9)18-11(21)6-19-5-8(4-17-19)20(22)23/h1-5H,6H2,(H,18,21). The predicted octanol–water partition coefficient (Wildman–Crippen LogP) is 2.59. The molecule has 0 fully saturated rings. The molecule has 0 aliphatic carbocycles. The van der Waals surface area contributed by atoms with E-state index >= 15 is 0 Å². The topological polar surface area (TPSA) is 90.1 Å². The number of benzene rings is 1. The van der Waals surface area contributed by atoms with Crippen molar-refractivity contribution in [3.8, 4) is 0 Å². The lowest BCUT2D eigenvalue weighted by Crippen LogP contribution is -2.20. The summed E-state index contributed by atoms with van der Waals surface area (Å²) >= 11 is 0. The predicted molar refractivity (Wildman–Crippen MR) is 68.9 cm³/mol. The van der Waals surface area contributed by atoms with Crippen LogP contribution in [-0.2, 0) is 17.5 Å². The molecule has 1 amide bonds. The highest BCUT2D eigenvalue weighted by Crippen LogP contribution is 2.31. The van der Waals surface area contributed by atoms with Gasteiger partial charge in [0.25, 0.3) is 0 Å². The van der Waals surface area contributed by atoms with E-state index < -0.39 is 40.6 Å². The second kappa shape index (κ2) is 6.02. The first-order valence-electron chi connectivity index (χ1n) is 6.00. The highest BCUT2D eigenvalue weighted by atomic mass is 19.4. The number of carbonyl (C=O) groups excluding carboxylic acids is 1. The molecule has 122 valence electrons. The second-order valence-corrected chi connectivity index (χ2v) is 4.39. The Bertz CT molecular complexity index is 757. The molecule has 1 N–H and O–H groups in total. The smallest absolute Gasteiger partial charge is 0.322 e. The van der Waals surface area contributed by atoms with Crippen molar-refractivity contribution in [2.75, 3.05) is 5.32 Å². The SMILES string of the molecule is O=C(Cn1cc([N+](=O)[O-])cn1)Nc1cc(C(F)(F)F)ccc1F. The first-order chi connectivity index (χ1) is 10.7. The molecule has 1 heterocycles. The van der Waals surface area contributed by atoms with Crippen LogP contribution in [0.15, 0.2) is 30.6 Å². The van der Waals surface area contributed by atoms with Crippen molar-refractivity contribution in [1.29, 1.82) is 0 Å². The van der Waals surface area contributed by atoms with Gasteiger partial charge in [0.1, 0.15) is 24.8 Å². The number of hydrogen-bond donors (Lipinski definition) is 1. The number of nitro groups is 1. The van der Waals surface area contributed by atoms with E-state index in [1.807, 2.05) is 5.32 Å². The summed E-state index contributed by atoms with van der Waals surface area (Å²) in [7, 11) is 0. The van der Waals surface area contributed by atoms with Gasteiger partial charge in [-0.1, -0.05) is 0 Å². The minimum absolute atomic E-state index is 0.358. The average Bonchev–Trinajstić information content (AvgIpc) is 2.88. The lowest BCUT2D eigenvalue weighted by atomic mass is 10.2. The molecule has 0 aliphatic rings. The van der Waals surface area contributed by atoms with Gasteiger partial charge in [-0.3, -0.25) is 19.6 Å². The van der Waals surface area contributed by atoms with Crippen molar-refractivity contribution in [2.45, 2.75) is 12.7 Å². The third kappa shape index (κ3) is 4.02. The van der Waals surface area contributed by atoms with Crippen LogP contribution in [0, 0.1) is 15.9 Å². The van der Waals surface area contributed by atoms with E-state index in [0.29, 0.717) is 18.2 Å². The monoisotopic (exact) mass is 332 g/mol. The van der Waals surface area contributed by atoms with E-state index in [2.05, 4.69) is 5.10 Å². The summed E-state index contributed by atoms with van der Waals surface area (Å²) in [5, 5.41) is 16.0. The number of amides is 1. The normalized spacial score (nSPS) is 11.3. The Kier molecular flexibility index (Phi) is 4.29. The van der Waals surface area contributed by atoms with E-state index in [1.165, 1.54) is 0 Å². The summed E-state index contributed by atoms with van der Waals surface area (Å²) in [6.07, 6.45) is -2.82. The molecule has 2 aromatic rings. The average molecular weight is 332 g/mol. The third-order valence-corrected chi connectivity index (χ3v) is 2.70. The quantitative estimate of drug-likeness (QED) is 0.529. The number of rotatable bonds is 4. The number of nitrogens with zero attached hydrogens (tertiary/aromatic N) is 3. The Hall–Kier alpha value is -2.98. The maximum absolute atomic E-state index is 13.5. The summed E-state index contributed by atoms with van der Waals surface area (Å²) in [5.41, 5.74) is -2.13. The van der Waals surface area contributed by atoms with Gasteiger partial charge in [-0.05, 0) is 18.2 Å². The molecule has 23 heavy (non-hydrogen) atoms. The Morgan fingerprint density at radius 3 is 2.65 bits per heavy atom. The van der Waals surface area contributed by atoms with E-state index in [1.54, 1.807) is 0 Å². The number of nitrogens with one attached hydrogen (secondary N) is 1. The van der Waals surface area contributed by atoms with E-state index in [9.17, 15) is 32.5 Å². The van der Waals surface area contributed by atoms with Crippen molar-refractivity contribution >= 4 is 17.3 Å². The first-order valence-corrected chi connectivity index (χ1v) is 6.00. The zero-order valence-corrected chi connectivity index (χ0v) is 11.2. The molecule has 0 aliphatic heterocycles. The Morgan fingerprint density at radius 2 is 2.09 bits per heavy atom. The Balaban J connectivity index is 2.11. The third-order valence-electron chi connectivity index (χ3n) is 2.70. The Labute approximate surface area is 125 Å². The van der Waals surface area contributed by atoms with Crippen LogP contribution < -0.4 is 5.32 Å². The van der Waals surface area contributed by atoms with Gasteiger partial charge < -0.3 is 5.32 Å². The number of halogens is 4. The summed E-state index contributed by atoms with van der Waals surface area (Å²) in [6.45, 7) is -0.524. The molecule has 1 aromatic heterocycles. The molecule has 7 nitrogen and oxygen atoms in total. The number of anilines is 1. The molecule has 0 saturated carbocycles. The zero-order chi connectivity index (χ0) is 17.2. The number of aromatic nitrogens is 2. The van der Waals surface area contributed by atoms with Crippen LogP contribution in [-0.4, -0.2) is 20.6 Å². The van der Waals surface area contributed by atoms with E-state index in [0.717, 1.165) is 17.1 Å². The minimum atomic E-state index is -4.68. The van der Waals surface area contributed by atoms with Crippen LogP contribution in [0.25, 0.3) is 0 Å². The summed E-state index contributed by atoms with van der Waals surface area (Å²) in [6, 6.07) is 1.58. The Morgan fingerprint density at radius 1 is 1.39 bits per heavy atom. The molecule has 1 aromatic carbocycles. The van der Waals surface area contributed by atoms with E-state index in [-0.39, 0.29) is 5.69 Å². The van der Waals surface area contributed by atoms with Crippen molar-refractivity contribution in [1.82, 2.24) is 9.78 Å². The maximum atomic E-state index is 13.5. The molecule has 2 rings (SSSR count). The molecule has 0 saturated heterocycles. The van der Waals surface area contributed by atoms with Gasteiger partial charge in [0.15, 0.2) is 0 Å². The lowest BCUT2D eigenvalue weighted by Gasteiger charge is -2.11. The van der Waals surface area contributed by atoms with Gasteiger partial charge in [0, 0.05) is 0 Å². The van der Waals surface area contributed by atoms with Crippen LogP contribution >= 0.6 is 0 Å². The number of hydrogen-bond acceptors (Lipinski definition) is 4. The fourth-order valence-corrected chi connectivity index (χ4v) is 1.67. The molecule has 0 atom stereocenters. The van der Waals surface area contributed by atoms with Gasteiger partial charge >= 0.3 is 11.9 Å². The fraction of sp³-hybridized carbons (Fsp3) is 0.167. The van der Waals surface area contributed by atoms with Crippen molar-refractivity contribution < 1.29 is 27.3 Å². The van der Waals surface area contributed by atoms with Gasteiger partial charge in [0.05, 0.1) is 16.2 Å². The van der Waals surface area contributed by atoms with Crippen molar-refractivity contribution in [2.24, 2.45) is 0 Å². The summed E-state index contributed by atoms with van der Waals surface area (Å²) in [5.74, 6) is -1.93. The van der Waals surface area contributed by atoms with Crippen molar-refractivity contribution in [3.63, 3.8) is 0 Å². The molecule has 0 bridgehead atoms. The first kappa shape index (κ1) is 16.4. The van der Waals surface area contributed by atoms with Gasteiger partial charge in [0.2, 0.25) is 5.91 Å². The number of alkyl halides is 3. The molecule has 0 radical (unpaired) electrons. The zero-order valence-electron chi connectivity index (χ0n) is 11.2. The molecule has 0 spiro atoms. The summed E-state index contributed by atoms with van der Waals surface area (Å²) < 4.78 is 52.0. The number of carbonyl (C=O) groups is 1. The largest absolute Gasteiger partial charge is 0.416 e. The highest BCUT2D eigenvalue weighted by molar-refractivity contribution is 5.90. The van der Waals surface area contributed by atoms with E-state index in [4.69, 9.17) is 0 Å². The van der Waals surface area contributed by atoms with Crippen LogP contribution in [0.2, 0.25) is 0 Å². The van der Waals surface area contributed by atoms with Gasteiger partial charge in [-0.15, -0.1) is 0 Å². The second-order valence-electron chi connectivity index (χ2n) is 4.39. The van der Waals surface area contributed by atoms with Crippen molar-refractivity contribution in [3.05, 3.63) is 52.1 Å². The molecule has 0 unspecified atom stereocenters. The van der Waals surface area contributed by atoms with Gasteiger partial charge in [-0.25, -0.2) is 4.39 Å². The van der Waals surface area contributed by atoms with Crippen LogP contribution in [0.3, 0.4) is 0 Å². The molecule has 11 heteroatoms. The lowest BCUT2D eigenvalue weighted by molar-refractivity contribution is -0.385. The highest BCUT2D eigenvalue weighted by Gasteiger charge is 2.31. The minimum Gasteiger partial charge on any atom is -0.322 e. The summed E-state index contributed by atoms with van der Waals surface area (Å²) in [4.78, 5) is 21.4.